The zero-order valence-electron chi connectivity index (χ0n) is 19.1. The van der Waals surface area contributed by atoms with Gasteiger partial charge in [-0.1, -0.05) is 26.0 Å². The Morgan fingerprint density at radius 1 is 1.26 bits per heavy atom. The Morgan fingerprint density at radius 3 is 2.74 bits per heavy atom. The number of anilines is 1. The highest BCUT2D eigenvalue weighted by Gasteiger charge is 2.36. The molecular weight excluding hydrogens is 394 g/mol. The van der Waals surface area contributed by atoms with Gasteiger partial charge in [-0.05, 0) is 56.7 Å². The monoisotopic (exact) mass is 431 g/mol. The van der Waals surface area contributed by atoms with E-state index in [4.69, 9.17) is 9.47 Å². The molecule has 2 saturated heterocycles. The van der Waals surface area contributed by atoms with Gasteiger partial charge in [0.25, 0.3) is 0 Å². The first-order valence-electron chi connectivity index (χ1n) is 11.5. The number of nitrogens with zero attached hydrogens (tertiary/aromatic N) is 1. The van der Waals surface area contributed by atoms with E-state index in [-0.39, 0.29) is 29.6 Å². The Labute approximate surface area is 185 Å². The maximum absolute atomic E-state index is 12.7. The van der Waals surface area contributed by atoms with Crippen LogP contribution in [-0.4, -0.2) is 56.0 Å². The maximum atomic E-state index is 12.7. The first kappa shape index (κ1) is 23.5. The summed E-state index contributed by atoms with van der Waals surface area (Å²) in [6, 6.07) is 7.60. The van der Waals surface area contributed by atoms with Crippen molar-refractivity contribution in [3.63, 3.8) is 0 Å². The van der Waals surface area contributed by atoms with Crippen molar-refractivity contribution < 1.29 is 19.1 Å². The Balaban J connectivity index is 1.42. The fourth-order valence-corrected chi connectivity index (χ4v) is 4.37. The van der Waals surface area contributed by atoms with Gasteiger partial charge in [-0.25, -0.2) is 4.79 Å². The summed E-state index contributed by atoms with van der Waals surface area (Å²) >= 11 is 0. The predicted octanol–water partition coefficient (Wildman–Crippen LogP) is 3.92. The van der Waals surface area contributed by atoms with Crippen molar-refractivity contribution in [3.05, 3.63) is 29.8 Å². The average molecular weight is 432 g/mol. The summed E-state index contributed by atoms with van der Waals surface area (Å²) in [6.07, 6.45) is 4.29. The van der Waals surface area contributed by atoms with Crippen molar-refractivity contribution >= 4 is 17.6 Å². The molecule has 3 amide bonds. The molecule has 1 aromatic carbocycles. The molecule has 2 heterocycles. The van der Waals surface area contributed by atoms with E-state index in [9.17, 15) is 9.59 Å². The second-order valence-corrected chi connectivity index (χ2v) is 9.06. The lowest BCUT2D eigenvalue weighted by Crippen LogP contribution is -2.47. The number of nitrogens with one attached hydrogen (secondary N) is 2. The van der Waals surface area contributed by atoms with Gasteiger partial charge in [-0.3, -0.25) is 4.79 Å². The summed E-state index contributed by atoms with van der Waals surface area (Å²) in [5, 5.41) is 6.02. The molecule has 7 nitrogen and oxygen atoms in total. The van der Waals surface area contributed by atoms with Gasteiger partial charge in [0, 0.05) is 30.7 Å². The molecular formula is C24H37N3O4. The van der Waals surface area contributed by atoms with Gasteiger partial charge in [0.05, 0.1) is 19.1 Å². The van der Waals surface area contributed by atoms with Crippen LogP contribution in [0.3, 0.4) is 0 Å². The molecule has 2 aliphatic rings. The molecule has 0 unspecified atom stereocenters. The van der Waals surface area contributed by atoms with E-state index in [1.165, 1.54) is 0 Å². The highest BCUT2D eigenvalue weighted by atomic mass is 16.7. The summed E-state index contributed by atoms with van der Waals surface area (Å²) in [6.45, 7) is 9.43. The SMILES string of the molecule is CC[C@](C)(CCCNC(=O)[C@@H]1CCCN(C(=O)Nc2cccc(C)c2)C1)C1OCCO1. The fourth-order valence-electron chi connectivity index (χ4n) is 4.37. The molecule has 7 heteroatoms. The molecule has 2 N–H and O–H groups in total. The van der Waals surface area contributed by atoms with Crippen molar-refractivity contribution in [1.82, 2.24) is 10.2 Å². The number of benzene rings is 1. The Kier molecular flexibility index (Phi) is 8.32. The molecule has 0 saturated carbocycles. The van der Waals surface area contributed by atoms with Gasteiger partial charge in [0.2, 0.25) is 5.91 Å². The summed E-state index contributed by atoms with van der Waals surface area (Å²) in [4.78, 5) is 27.1. The molecule has 1 aromatic rings. The Hall–Kier alpha value is -2.12. The summed E-state index contributed by atoms with van der Waals surface area (Å²) < 4.78 is 11.4. The molecule has 0 radical (unpaired) electrons. The molecule has 3 rings (SSSR count). The largest absolute Gasteiger partial charge is 0.356 e. The van der Waals surface area contributed by atoms with Gasteiger partial charge in [0.15, 0.2) is 6.29 Å². The molecule has 172 valence electrons. The third kappa shape index (κ3) is 6.43. The quantitative estimate of drug-likeness (QED) is 0.612. The predicted molar refractivity (Wildman–Crippen MR) is 121 cm³/mol. The fraction of sp³-hybridized carbons (Fsp3) is 0.667. The highest BCUT2D eigenvalue weighted by Crippen LogP contribution is 2.35. The Morgan fingerprint density at radius 2 is 2.03 bits per heavy atom. The zero-order valence-corrected chi connectivity index (χ0v) is 19.1. The second-order valence-electron chi connectivity index (χ2n) is 9.06. The zero-order chi connectivity index (χ0) is 22.3. The average Bonchev–Trinajstić information content (AvgIpc) is 3.32. The van der Waals surface area contributed by atoms with Crippen molar-refractivity contribution in [1.29, 1.82) is 0 Å². The highest BCUT2D eigenvalue weighted by molar-refractivity contribution is 5.90. The number of likely N-dealkylation sites (tertiary alicyclic amines) is 1. The van der Waals surface area contributed by atoms with Crippen LogP contribution < -0.4 is 10.6 Å². The first-order valence-corrected chi connectivity index (χ1v) is 11.5. The van der Waals surface area contributed by atoms with Crippen LogP contribution in [0.15, 0.2) is 24.3 Å². The van der Waals surface area contributed by atoms with Crippen LogP contribution >= 0.6 is 0 Å². The molecule has 2 aliphatic heterocycles. The molecule has 0 spiro atoms. The smallest absolute Gasteiger partial charge is 0.321 e. The number of amides is 3. The van der Waals surface area contributed by atoms with Crippen LogP contribution in [-0.2, 0) is 14.3 Å². The summed E-state index contributed by atoms with van der Waals surface area (Å²) in [5.74, 6) is -0.115. The van der Waals surface area contributed by atoms with Crippen molar-refractivity contribution in [2.45, 2.75) is 59.2 Å². The van der Waals surface area contributed by atoms with E-state index in [1.807, 2.05) is 31.2 Å². The number of aryl methyl sites for hydroxylation is 1. The van der Waals surface area contributed by atoms with Crippen LogP contribution in [0.2, 0.25) is 0 Å². The number of hydrogen-bond donors (Lipinski definition) is 2. The molecule has 31 heavy (non-hydrogen) atoms. The topological polar surface area (TPSA) is 79.9 Å². The van der Waals surface area contributed by atoms with E-state index in [0.29, 0.717) is 32.8 Å². The van der Waals surface area contributed by atoms with E-state index in [0.717, 1.165) is 43.4 Å². The molecule has 2 fully saturated rings. The summed E-state index contributed by atoms with van der Waals surface area (Å²) in [7, 11) is 0. The van der Waals surface area contributed by atoms with Crippen LogP contribution in [0, 0.1) is 18.3 Å². The molecule has 0 aromatic heterocycles. The third-order valence-electron chi connectivity index (χ3n) is 6.57. The van der Waals surface area contributed by atoms with E-state index in [1.54, 1.807) is 4.90 Å². The minimum atomic E-state index is -0.156. The third-order valence-corrected chi connectivity index (χ3v) is 6.57. The molecule has 0 aliphatic carbocycles. The number of urea groups is 1. The van der Waals surface area contributed by atoms with E-state index in [2.05, 4.69) is 24.5 Å². The summed E-state index contributed by atoms with van der Waals surface area (Å²) in [5.41, 5.74) is 1.85. The minimum absolute atomic E-state index is 0.0310. The number of carbonyl (C=O) groups is 2. The van der Waals surface area contributed by atoms with Gasteiger partial charge < -0.3 is 25.0 Å². The van der Waals surface area contributed by atoms with Crippen molar-refractivity contribution in [3.8, 4) is 0 Å². The lowest BCUT2D eigenvalue weighted by atomic mass is 9.82. The van der Waals surface area contributed by atoms with Crippen LogP contribution in [0.25, 0.3) is 0 Å². The van der Waals surface area contributed by atoms with Crippen LogP contribution in [0.1, 0.15) is 51.5 Å². The normalized spacial score (nSPS) is 21.5. The van der Waals surface area contributed by atoms with Crippen molar-refractivity contribution in [2.75, 3.05) is 38.2 Å². The molecule has 2 atom stereocenters. The second kappa shape index (κ2) is 11.0. The van der Waals surface area contributed by atoms with E-state index < -0.39 is 0 Å². The lowest BCUT2D eigenvalue weighted by molar-refractivity contribution is -0.132. The number of piperidine rings is 1. The standard InChI is InChI=1S/C24H37N3O4/c1-4-24(3,22-30-14-15-31-22)11-7-12-25-21(28)19-9-6-13-27(17-19)23(29)26-20-10-5-8-18(2)16-20/h5,8,10,16,19,22H,4,6-7,9,11-15,17H2,1-3H3,(H,25,28)(H,26,29)/t19-,24-/m1/s1. The van der Waals surface area contributed by atoms with Crippen molar-refractivity contribution in [2.24, 2.45) is 11.3 Å². The van der Waals surface area contributed by atoms with E-state index >= 15 is 0 Å². The van der Waals surface area contributed by atoms with Gasteiger partial charge in [-0.15, -0.1) is 0 Å². The number of hydrogen-bond acceptors (Lipinski definition) is 4. The maximum Gasteiger partial charge on any atom is 0.321 e. The van der Waals surface area contributed by atoms with Crippen LogP contribution in [0.5, 0.6) is 0 Å². The number of ether oxygens (including phenoxy) is 2. The van der Waals surface area contributed by atoms with Gasteiger partial charge in [-0.2, -0.15) is 0 Å². The Bertz CT molecular complexity index is 750. The van der Waals surface area contributed by atoms with Crippen LogP contribution in [0.4, 0.5) is 10.5 Å². The first-order chi connectivity index (χ1) is 14.9. The molecule has 0 bridgehead atoms. The van der Waals surface area contributed by atoms with Gasteiger partial charge in [0.1, 0.15) is 0 Å². The number of rotatable bonds is 8. The van der Waals surface area contributed by atoms with Gasteiger partial charge >= 0.3 is 6.03 Å². The number of carbonyl (C=O) groups excluding carboxylic acids is 2. The minimum Gasteiger partial charge on any atom is -0.356 e. The lowest BCUT2D eigenvalue weighted by Gasteiger charge is -2.33.